The molecule has 86 valence electrons. The van der Waals surface area contributed by atoms with E-state index in [1.165, 1.54) is 18.4 Å². The summed E-state index contributed by atoms with van der Waals surface area (Å²) in [5.74, 6) is -0.405. The predicted octanol–water partition coefficient (Wildman–Crippen LogP) is 2.91. The van der Waals surface area contributed by atoms with Crippen LogP contribution in [0.15, 0.2) is 29.1 Å². The largest absolute Gasteiger partial charge is 0.464 e. The van der Waals surface area contributed by atoms with Gasteiger partial charge in [0.1, 0.15) is 0 Å². The van der Waals surface area contributed by atoms with Gasteiger partial charge in [0.15, 0.2) is 10.7 Å². The lowest BCUT2D eigenvalue weighted by Crippen LogP contribution is -2.00. The molecule has 4 nitrogen and oxygen atoms in total. The van der Waals surface area contributed by atoms with Gasteiger partial charge in [-0.05, 0) is 11.4 Å². The van der Waals surface area contributed by atoms with Gasteiger partial charge in [-0.1, -0.05) is 6.07 Å². The van der Waals surface area contributed by atoms with E-state index in [1.807, 2.05) is 27.3 Å². The van der Waals surface area contributed by atoms with Crippen LogP contribution >= 0.6 is 22.7 Å². The number of thiazole rings is 1. The average molecular weight is 264 g/mol. The number of hydrogen-bond acceptors (Lipinski definition) is 5. The van der Waals surface area contributed by atoms with Crippen LogP contribution in [-0.4, -0.2) is 22.5 Å². The van der Waals surface area contributed by atoms with Gasteiger partial charge < -0.3 is 4.74 Å². The van der Waals surface area contributed by atoms with Gasteiger partial charge in [0, 0.05) is 11.6 Å². The van der Waals surface area contributed by atoms with Crippen LogP contribution in [0, 0.1) is 0 Å². The van der Waals surface area contributed by atoms with Gasteiger partial charge in [-0.25, -0.2) is 9.78 Å². The number of nitrogens with zero attached hydrogens (tertiary/aromatic N) is 2. The first-order chi connectivity index (χ1) is 8.29. The Labute approximate surface area is 105 Å². The third kappa shape index (κ3) is 1.65. The molecule has 0 saturated carbocycles. The van der Waals surface area contributed by atoms with E-state index in [0.29, 0.717) is 5.69 Å². The topological polar surface area (TPSA) is 43.6 Å². The molecule has 0 unspecified atom stereocenters. The summed E-state index contributed by atoms with van der Waals surface area (Å²) in [5.41, 5.74) is 1.40. The van der Waals surface area contributed by atoms with Crippen LogP contribution in [0.5, 0.6) is 0 Å². The van der Waals surface area contributed by atoms with E-state index < -0.39 is 5.97 Å². The lowest BCUT2D eigenvalue weighted by molar-refractivity contribution is 0.0595. The minimum atomic E-state index is -0.405. The van der Waals surface area contributed by atoms with Crippen molar-refractivity contribution in [1.29, 1.82) is 0 Å². The summed E-state index contributed by atoms with van der Waals surface area (Å²) in [6, 6.07) is 4.05. The van der Waals surface area contributed by atoms with E-state index in [1.54, 1.807) is 17.5 Å². The molecule has 0 bridgehead atoms. The van der Waals surface area contributed by atoms with Crippen LogP contribution in [-0.2, 0) is 4.74 Å². The van der Waals surface area contributed by atoms with Crippen LogP contribution < -0.4 is 0 Å². The molecule has 0 amide bonds. The Morgan fingerprint density at radius 3 is 3.06 bits per heavy atom. The number of carbonyl (C=O) groups is 1. The van der Waals surface area contributed by atoms with Gasteiger partial charge in [0.05, 0.1) is 17.7 Å². The van der Waals surface area contributed by atoms with Crippen molar-refractivity contribution in [3.8, 4) is 10.6 Å². The Bertz CT molecular complexity index is 667. The smallest absolute Gasteiger partial charge is 0.358 e. The third-order valence-corrected chi connectivity index (χ3v) is 4.11. The summed E-state index contributed by atoms with van der Waals surface area (Å²) < 4.78 is 6.58. The minimum Gasteiger partial charge on any atom is -0.464 e. The number of carbonyl (C=O) groups excluding carboxylic acids is 1. The highest BCUT2D eigenvalue weighted by molar-refractivity contribution is 7.16. The van der Waals surface area contributed by atoms with Crippen LogP contribution in [0.3, 0.4) is 0 Å². The van der Waals surface area contributed by atoms with Crippen molar-refractivity contribution >= 4 is 33.6 Å². The van der Waals surface area contributed by atoms with Crippen molar-refractivity contribution in [3.05, 3.63) is 34.8 Å². The molecule has 0 aliphatic rings. The van der Waals surface area contributed by atoms with E-state index in [9.17, 15) is 4.79 Å². The number of rotatable bonds is 2. The molecule has 0 atom stereocenters. The molecular weight excluding hydrogens is 256 g/mol. The molecule has 3 aromatic rings. The number of methoxy groups -OCH3 is 1. The summed E-state index contributed by atoms with van der Waals surface area (Å²) >= 11 is 3.17. The fraction of sp³-hybridized carbons (Fsp3) is 0.0909. The van der Waals surface area contributed by atoms with Gasteiger partial charge in [-0.15, -0.1) is 22.7 Å². The zero-order valence-corrected chi connectivity index (χ0v) is 10.5. The van der Waals surface area contributed by atoms with Crippen molar-refractivity contribution in [2.24, 2.45) is 0 Å². The summed E-state index contributed by atoms with van der Waals surface area (Å²) in [4.78, 5) is 17.6. The molecule has 0 fully saturated rings. The van der Waals surface area contributed by atoms with Crippen LogP contribution in [0.4, 0.5) is 0 Å². The van der Waals surface area contributed by atoms with Crippen molar-refractivity contribution < 1.29 is 9.53 Å². The highest BCUT2D eigenvalue weighted by atomic mass is 32.1. The summed E-state index contributed by atoms with van der Waals surface area (Å²) in [6.45, 7) is 0. The van der Waals surface area contributed by atoms with Gasteiger partial charge >= 0.3 is 5.97 Å². The highest BCUT2D eigenvalue weighted by Crippen LogP contribution is 2.29. The molecule has 0 aliphatic carbocycles. The second kappa shape index (κ2) is 3.97. The summed E-state index contributed by atoms with van der Waals surface area (Å²) in [5, 5.41) is 4.06. The number of thiophene rings is 1. The monoisotopic (exact) mass is 264 g/mol. The second-order valence-corrected chi connectivity index (χ2v) is 5.15. The Morgan fingerprint density at radius 1 is 1.47 bits per heavy atom. The molecule has 6 heteroatoms. The fourth-order valence-corrected chi connectivity index (χ4v) is 3.28. The lowest BCUT2D eigenvalue weighted by atomic mass is 10.4. The molecule has 0 N–H and O–H groups in total. The van der Waals surface area contributed by atoms with Gasteiger partial charge in [0.25, 0.3) is 0 Å². The van der Waals surface area contributed by atoms with Crippen molar-refractivity contribution in [3.63, 3.8) is 0 Å². The quantitative estimate of drug-likeness (QED) is 0.668. The first-order valence-electron chi connectivity index (χ1n) is 4.88. The molecule has 3 aromatic heterocycles. The van der Waals surface area contributed by atoms with E-state index >= 15 is 0 Å². The maximum Gasteiger partial charge on any atom is 0.358 e. The Hall–Kier alpha value is -1.66. The van der Waals surface area contributed by atoms with E-state index in [2.05, 4.69) is 9.72 Å². The van der Waals surface area contributed by atoms with Crippen molar-refractivity contribution in [2.75, 3.05) is 7.11 Å². The summed E-state index contributed by atoms with van der Waals surface area (Å²) in [6.07, 6.45) is 1.72. The normalized spacial score (nSPS) is 10.9. The third-order valence-electron chi connectivity index (χ3n) is 2.38. The molecule has 0 saturated heterocycles. The average Bonchev–Trinajstić information content (AvgIpc) is 3.02. The molecular formula is C11H8N2O2S2. The van der Waals surface area contributed by atoms with E-state index in [4.69, 9.17) is 0 Å². The van der Waals surface area contributed by atoms with Crippen molar-refractivity contribution in [1.82, 2.24) is 9.38 Å². The van der Waals surface area contributed by atoms with Gasteiger partial charge in [0.2, 0.25) is 0 Å². The van der Waals surface area contributed by atoms with Crippen LogP contribution in [0.25, 0.3) is 15.5 Å². The zero-order chi connectivity index (χ0) is 11.8. The maximum atomic E-state index is 11.4. The number of hydrogen-bond donors (Lipinski definition) is 0. The zero-order valence-electron chi connectivity index (χ0n) is 8.91. The molecule has 3 rings (SSSR count). The fourth-order valence-electron chi connectivity index (χ4n) is 1.59. The van der Waals surface area contributed by atoms with Crippen LogP contribution in [0.2, 0.25) is 0 Å². The molecule has 0 spiro atoms. The molecule has 0 aliphatic heterocycles. The Balaban J connectivity index is 2.15. The number of imidazole rings is 1. The number of esters is 1. The predicted molar refractivity (Wildman–Crippen MR) is 67.7 cm³/mol. The van der Waals surface area contributed by atoms with E-state index in [0.717, 1.165) is 15.5 Å². The Morgan fingerprint density at radius 2 is 2.35 bits per heavy atom. The Kier molecular flexibility index (Phi) is 2.45. The number of aromatic nitrogens is 2. The molecule has 3 heterocycles. The first kappa shape index (κ1) is 10.5. The first-order valence-corrected chi connectivity index (χ1v) is 6.64. The van der Waals surface area contributed by atoms with Crippen molar-refractivity contribution in [2.45, 2.75) is 0 Å². The standard InChI is InChI=1S/C11H8N2O2S2/c1-15-10(14)7-5-13-8(6-17-11(13)12-7)9-3-2-4-16-9/h2-6H,1H3. The molecule has 0 radical (unpaired) electrons. The number of fused-ring (bicyclic) bond motifs is 1. The maximum absolute atomic E-state index is 11.4. The minimum absolute atomic E-state index is 0.345. The lowest BCUT2D eigenvalue weighted by Gasteiger charge is -1.93. The van der Waals surface area contributed by atoms with Crippen LogP contribution in [0.1, 0.15) is 10.5 Å². The van der Waals surface area contributed by atoms with Gasteiger partial charge in [-0.3, -0.25) is 4.40 Å². The van der Waals surface area contributed by atoms with E-state index in [-0.39, 0.29) is 0 Å². The number of ether oxygens (including phenoxy) is 1. The second-order valence-electron chi connectivity index (χ2n) is 3.37. The highest BCUT2D eigenvalue weighted by Gasteiger charge is 2.14. The van der Waals surface area contributed by atoms with Gasteiger partial charge in [-0.2, -0.15) is 0 Å². The summed E-state index contributed by atoms with van der Waals surface area (Å²) in [7, 11) is 1.36. The SMILES string of the molecule is COC(=O)c1cn2c(-c3cccs3)csc2n1. The molecule has 17 heavy (non-hydrogen) atoms. The molecule has 0 aromatic carbocycles.